The number of amides is 2. The number of carbonyl (C=O) groups is 3. The van der Waals surface area contributed by atoms with E-state index in [9.17, 15) is 24.6 Å². The maximum atomic E-state index is 13.7. The summed E-state index contributed by atoms with van der Waals surface area (Å²) >= 11 is 0. The van der Waals surface area contributed by atoms with Crippen LogP contribution < -0.4 is 10.1 Å². The van der Waals surface area contributed by atoms with Gasteiger partial charge in [0.1, 0.15) is 6.10 Å². The highest BCUT2D eigenvalue weighted by atomic mass is 16.5. The molecule has 0 radical (unpaired) electrons. The molecule has 1 fully saturated rings. The molecule has 0 aliphatic carbocycles. The average Bonchev–Trinajstić information content (AvgIpc) is 2.95. The van der Waals surface area contributed by atoms with E-state index in [0.29, 0.717) is 62.7 Å². The number of nitrogens with one attached hydrogen (secondary N) is 1. The second-order valence-electron chi connectivity index (χ2n) is 10.9. The minimum atomic E-state index is -0.966. The number of aliphatic hydroxyl groups excluding tert-OH is 1. The van der Waals surface area contributed by atoms with Crippen molar-refractivity contribution in [1.29, 1.82) is 0 Å². The molecule has 1 saturated heterocycles. The van der Waals surface area contributed by atoms with Crippen molar-refractivity contribution in [3.05, 3.63) is 59.2 Å². The number of nitrogens with zero attached hydrogens (tertiary/aromatic N) is 2. The Morgan fingerprint density at radius 3 is 2.50 bits per heavy atom. The van der Waals surface area contributed by atoms with E-state index in [-0.39, 0.29) is 41.9 Å². The van der Waals surface area contributed by atoms with Gasteiger partial charge in [0.05, 0.1) is 29.5 Å². The molecule has 0 saturated carbocycles. The molecule has 4 rings (SSSR count). The Labute approximate surface area is 234 Å². The van der Waals surface area contributed by atoms with Crippen LogP contribution in [0.4, 0.5) is 5.69 Å². The van der Waals surface area contributed by atoms with E-state index in [2.05, 4.69) is 10.2 Å². The summed E-state index contributed by atoms with van der Waals surface area (Å²) in [4.78, 5) is 41.7. The van der Waals surface area contributed by atoms with Crippen LogP contribution in [0.2, 0.25) is 0 Å². The van der Waals surface area contributed by atoms with E-state index in [1.54, 1.807) is 47.4 Å². The van der Waals surface area contributed by atoms with E-state index in [4.69, 9.17) is 9.47 Å². The standard InChI is InChI=1S/C30H39N3O7/c1-19-15-33(20(2)18-34)29(36)24-5-4-6-25(31-28(35)22-11-13-39-14-12-22)27(24)40-26(19)17-32(3)16-21-7-9-23(10-8-21)30(37)38/h4-10,19-20,22,26,34H,11-18H2,1-3H3,(H,31,35)(H,37,38)/t19-,20-,26+/m0/s1. The quantitative estimate of drug-likeness (QED) is 0.432. The zero-order valence-corrected chi connectivity index (χ0v) is 23.3. The Bertz CT molecular complexity index is 1200. The summed E-state index contributed by atoms with van der Waals surface area (Å²) in [6, 6.07) is 11.5. The fraction of sp³-hybridized carbons (Fsp3) is 0.500. The monoisotopic (exact) mass is 553 g/mol. The predicted octanol–water partition coefficient (Wildman–Crippen LogP) is 3.10. The molecule has 10 nitrogen and oxygen atoms in total. The molecular weight excluding hydrogens is 514 g/mol. The van der Waals surface area contributed by atoms with Gasteiger partial charge in [0.2, 0.25) is 5.91 Å². The van der Waals surface area contributed by atoms with Crippen LogP contribution >= 0.6 is 0 Å². The first-order valence-corrected chi connectivity index (χ1v) is 13.8. The number of aliphatic hydroxyl groups is 1. The van der Waals surface area contributed by atoms with Crippen molar-refractivity contribution < 1.29 is 34.1 Å². The summed E-state index contributed by atoms with van der Waals surface area (Å²) < 4.78 is 12.0. The van der Waals surface area contributed by atoms with Gasteiger partial charge in [0.25, 0.3) is 5.91 Å². The molecular formula is C30H39N3O7. The molecule has 3 atom stereocenters. The summed E-state index contributed by atoms with van der Waals surface area (Å²) in [5, 5.41) is 22.1. The number of hydrogen-bond donors (Lipinski definition) is 3. The fourth-order valence-electron chi connectivity index (χ4n) is 5.19. The number of rotatable bonds is 9. The molecule has 2 aromatic carbocycles. The van der Waals surface area contributed by atoms with Crippen molar-refractivity contribution in [2.45, 2.75) is 45.4 Å². The first-order chi connectivity index (χ1) is 19.2. The van der Waals surface area contributed by atoms with E-state index in [0.717, 1.165) is 5.56 Å². The van der Waals surface area contributed by atoms with E-state index in [1.807, 2.05) is 20.9 Å². The van der Waals surface area contributed by atoms with Crippen LogP contribution in [0, 0.1) is 11.8 Å². The third-order valence-corrected chi connectivity index (χ3v) is 7.69. The summed E-state index contributed by atoms with van der Waals surface area (Å²) in [6.07, 6.45) is 0.936. The topological polar surface area (TPSA) is 129 Å². The van der Waals surface area contributed by atoms with E-state index < -0.39 is 12.0 Å². The lowest BCUT2D eigenvalue weighted by atomic mass is 9.98. The number of carboxylic acids is 1. The molecule has 3 N–H and O–H groups in total. The second-order valence-corrected chi connectivity index (χ2v) is 10.9. The molecule has 2 aromatic rings. The van der Waals surface area contributed by atoms with Gasteiger partial charge in [0, 0.05) is 44.7 Å². The summed E-state index contributed by atoms with van der Waals surface area (Å²) in [5.74, 6) is -1.28. The maximum absolute atomic E-state index is 13.7. The first kappa shape index (κ1) is 29.5. The van der Waals surface area contributed by atoms with Crippen LogP contribution in [0.15, 0.2) is 42.5 Å². The van der Waals surface area contributed by atoms with Gasteiger partial charge in [0.15, 0.2) is 5.75 Å². The first-order valence-electron chi connectivity index (χ1n) is 13.8. The summed E-state index contributed by atoms with van der Waals surface area (Å²) in [6.45, 7) is 6.20. The molecule has 2 aliphatic heterocycles. The molecule has 40 heavy (non-hydrogen) atoms. The number of para-hydroxylation sites is 1. The lowest BCUT2D eigenvalue weighted by molar-refractivity contribution is -0.122. The van der Waals surface area contributed by atoms with Gasteiger partial charge in [-0.1, -0.05) is 25.1 Å². The molecule has 2 heterocycles. The molecule has 0 spiro atoms. The molecule has 0 aromatic heterocycles. The number of likely N-dealkylation sites (N-methyl/N-ethyl adjacent to an activating group) is 1. The Balaban J connectivity index is 1.60. The molecule has 216 valence electrons. The second kappa shape index (κ2) is 13.3. The molecule has 0 unspecified atom stereocenters. The Kier molecular flexibility index (Phi) is 9.78. The van der Waals surface area contributed by atoms with Crippen LogP contribution in [0.25, 0.3) is 0 Å². The van der Waals surface area contributed by atoms with Gasteiger partial charge in [-0.15, -0.1) is 0 Å². The van der Waals surface area contributed by atoms with Gasteiger partial charge in [-0.25, -0.2) is 4.79 Å². The zero-order chi connectivity index (χ0) is 28.8. The van der Waals surface area contributed by atoms with Crippen LogP contribution in [-0.2, 0) is 16.1 Å². The molecule has 10 heteroatoms. The minimum Gasteiger partial charge on any atom is -0.486 e. The van der Waals surface area contributed by atoms with Crippen LogP contribution in [-0.4, -0.2) is 89.9 Å². The smallest absolute Gasteiger partial charge is 0.335 e. The van der Waals surface area contributed by atoms with Gasteiger partial charge >= 0.3 is 5.97 Å². The van der Waals surface area contributed by atoms with Crippen molar-refractivity contribution in [3.63, 3.8) is 0 Å². The van der Waals surface area contributed by atoms with Crippen molar-refractivity contribution in [2.75, 3.05) is 45.3 Å². The van der Waals surface area contributed by atoms with Crippen LogP contribution in [0.3, 0.4) is 0 Å². The van der Waals surface area contributed by atoms with E-state index in [1.165, 1.54) is 0 Å². The van der Waals surface area contributed by atoms with Crippen LogP contribution in [0.5, 0.6) is 5.75 Å². The number of hydrogen-bond acceptors (Lipinski definition) is 7. The lowest BCUT2D eigenvalue weighted by Gasteiger charge is -2.38. The number of fused-ring (bicyclic) bond motifs is 1. The molecule has 2 amide bonds. The Morgan fingerprint density at radius 1 is 1.15 bits per heavy atom. The average molecular weight is 554 g/mol. The van der Waals surface area contributed by atoms with Crippen molar-refractivity contribution >= 4 is 23.5 Å². The number of carbonyl (C=O) groups excluding carboxylic acids is 2. The summed E-state index contributed by atoms with van der Waals surface area (Å²) in [5.41, 5.74) is 1.98. The number of benzene rings is 2. The molecule has 2 aliphatic rings. The molecule has 0 bridgehead atoms. The largest absolute Gasteiger partial charge is 0.486 e. The number of anilines is 1. The number of carboxylic acid groups (broad SMARTS) is 1. The van der Waals surface area contributed by atoms with Gasteiger partial charge < -0.3 is 29.9 Å². The van der Waals surface area contributed by atoms with Gasteiger partial charge in [-0.3, -0.25) is 14.5 Å². The lowest BCUT2D eigenvalue weighted by Crippen LogP contribution is -2.49. The zero-order valence-electron chi connectivity index (χ0n) is 23.3. The minimum absolute atomic E-state index is 0.0952. The number of ether oxygens (including phenoxy) is 2. The van der Waals surface area contributed by atoms with Gasteiger partial charge in [-0.05, 0) is 56.6 Å². The normalized spacial score (nSPS) is 20.7. The highest BCUT2D eigenvalue weighted by Gasteiger charge is 2.35. The number of aromatic carboxylic acids is 1. The van der Waals surface area contributed by atoms with Gasteiger partial charge in [-0.2, -0.15) is 0 Å². The highest BCUT2D eigenvalue weighted by molar-refractivity contribution is 6.02. The Hall–Kier alpha value is -3.47. The third-order valence-electron chi connectivity index (χ3n) is 7.69. The summed E-state index contributed by atoms with van der Waals surface area (Å²) in [7, 11) is 1.96. The van der Waals surface area contributed by atoms with Crippen molar-refractivity contribution in [1.82, 2.24) is 9.80 Å². The van der Waals surface area contributed by atoms with Crippen molar-refractivity contribution in [3.8, 4) is 5.75 Å². The Morgan fingerprint density at radius 2 is 1.85 bits per heavy atom. The maximum Gasteiger partial charge on any atom is 0.335 e. The van der Waals surface area contributed by atoms with Crippen molar-refractivity contribution in [2.24, 2.45) is 11.8 Å². The third kappa shape index (κ3) is 6.99. The predicted molar refractivity (Wildman–Crippen MR) is 150 cm³/mol. The van der Waals surface area contributed by atoms with Crippen LogP contribution in [0.1, 0.15) is 53.0 Å². The SMILES string of the molecule is C[C@H]1CN([C@@H](C)CO)C(=O)c2cccc(NC(=O)C3CCOCC3)c2O[C@@H]1CN(C)Cc1ccc(C(=O)O)cc1. The van der Waals surface area contributed by atoms with E-state index >= 15 is 0 Å². The highest BCUT2D eigenvalue weighted by Crippen LogP contribution is 2.35. The fourth-order valence-corrected chi connectivity index (χ4v) is 5.19.